The molecule has 0 amide bonds. The monoisotopic (exact) mass is 574 g/mol. The molecule has 0 heterocycles. The van der Waals surface area contributed by atoms with Crippen LogP contribution in [0.3, 0.4) is 0 Å². The Labute approximate surface area is 250 Å². The Morgan fingerprint density at radius 1 is 0.683 bits per heavy atom. The van der Waals surface area contributed by atoms with E-state index in [2.05, 4.69) is 6.92 Å². The first-order valence-corrected chi connectivity index (χ1v) is 15.5. The van der Waals surface area contributed by atoms with Gasteiger partial charge in [0.2, 0.25) is 0 Å². The maximum absolute atomic E-state index is 12.6. The third-order valence-corrected chi connectivity index (χ3v) is 7.34. The molecule has 0 spiro atoms. The van der Waals surface area contributed by atoms with Gasteiger partial charge in [0.25, 0.3) is 0 Å². The number of halogens is 1. The van der Waals surface area contributed by atoms with E-state index in [-0.39, 0.29) is 5.78 Å². The molecule has 0 bridgehead atoms. The summed E-state index contributed by atoms with van der Waals surface area (Å²) in [6.07, 6.45) is 19.0. The molecule has 41 heavy (non-hydrogen) atoms. The predicted octanol–water partition coefficient (Wildman–Crippen LogP) is 10.5. The summed E-state index contributed by atoms with van der Waals surface area (Å²) in [7, 11) is 0. The van der Waals surface area contributed by atoms with Crippen LogP contribution in [-0.2, 0) is 0 Å². The average molecular weight is 575 g/mol. The van der Waals surface area contributed by atoms with Crippen molar-refractivity contribution >= 4 is 29.4 Å². The van der Waals surface area contributed by atoms with E-state index in [1.807, 2.05) is 0 Å². The number of hydrogen-bond donors (Lipinski definition) is 0. The molecule has 0 aliphatic carbocycles. The smallest absolute Gasteiger partial charge is 0.343 e. The molecule has 0 N–H and O–H groups in total. The average Bonchev–Trinajstić information content (AvgIpc) is 2.99. The summed E-state index contributed by atoms with van der Waals surface area (Å²) in [5, 5.41) is 0.420. The summed E-state index contributed by atoms with van der Waals surface area (Å²) in [6, 6.07) is 21.0. The fourth-order valence-corrected chi connectivity index (χ4v) is 4.78. The van der Waals surface area contributed by atoms with Crippen molar-refractivity contribution in [1.29, 1.82) is 0 Å². The van der Waals surface area contributed by atoms with E-state index < -0.39 is 5.97 Å². The van der Waals surface area contributed by atoms with Crippen LogP contribution in [-0.4, -0.2) is 18.4 Å². The topological polar surface area (TPSA) is 52.6 Å². The van der Waals surface area contributed by atoms with Gasteiger partial charge in [0.05, 0.1) is 17.2 Å². The van der Waals surface area contributed by atoms with Gasteiger partial charge in [-0.25, -0.2) is 4.79 Å². The van der Waals surface area contributed by atoms with Gasteiger partial charge in [-0.2, -0.15) is 0 Å². The lowest BCUT2D eigenvalue weighted by Gasteiger charge is -2.08. The van der Waals surface area contributed by atoms with Crippen LogP contribution in [0.2, 0.25) is 5.02 Å². The number of carbonyl (C=O) groups is 2. The highest BCUT2D eigenvalue weighted by molar-refractivity contribution is 6.34. The molecule has 0 aromatic heterocycles. The maximum atomic E-state index is 12.6. The number of ketones is 1. The lowest BCUT2D eigenvalue weighted by atomic mass is 10.1. The van der Waals surface area contributed by atoms with E-state index in [1.54, 1.807) is 78.9 Å². The van der Waals surface area contributed by atoms with Gasteiger partial charge in [-0.1, -0.05) is 119 Å². The second-order valence-corrected chi connectivity index (χ2v) is 10.8. The first-order valence-electron chi connectivity index (χ1n) is 15.1. The summed E-state index contributed by atoms with van der Waals surface area (Å²) in [5.41, 5.74) is 1.72. The van der Waals surface area contributed by atoms with Crippen LogP contribution in [0.25, 0.3) is 6.08 Å². The number of unbranched alkanes of at least 4 members (excludes halogenated alkanes) is 11. The molecule has 3 rings (SSSR count). The molecule has 5 heteroatoms. The van der Waals surface area contributed by atoms with Gasteiger partial charge >= 0.3 is 5.97 Å². The quantitative estimate of drug-likeness (QED) is 0.0469. The van der Waals surface area contributed by atoms with Crippen LogP contribution in [0.1, 0.15) is 110 Å². The Morgan fingerprint density at radius 3 is 1.85 bits per heavy atom. The SMILES string of the molecule is CCCCCCCCCCCCCCOc1ccc(C(=O)Oc2ccc(/C=C/C(=O)c3ccccc3Cl)cc2)cc1. The Morgan fingerprint density at radius 2 is 1.24 bits per heavy atom. The zero-order valence-corrected chi connectivity index (χ0v) is 25.0. The van der Waals surface area contributed by atoms with Crippen LogP contribution in [0, 0.1) is 0 Å². The highest BCUT2D eigenvalue weighted by atomic mass is 35.5. The van der Waals surface area contributed by atoms with Crippen LogP contribution >= 0.6 is 11.6 Å². The number of benzene rings is 3. The molecule has 0 saturated heterocycles. The molecule has 0 atom stereocenters. The van der Waals surface area contributed by atoms with Crippen LogP contribution in [0.15, 0.2) is 78.9 Å². The minimum atomic E-state index is -0.435. The molecule has 218 valence electrons. The second kappa shape index (κ2) is 18.9. The van der Waals surface area contributed by atoms with Crippen LogP contribution < -0.4 is 9.47 Å². The molecule has 0 radical (unpaired) electrons. The molecule has 0 aliphatic rings. The number of allylic oxidation sites excluding steroid dienone is 1. The normalized spacial score (nSPS) is 11.1. The Balaban J connectivity index is 1.30. The Bertz CT molecular complexity index is 1220. The number of hydrogen-bond acceptors (Lipinski definition) is 4. The summed E-state index contributed by atoms with van der Waals surface area (Å²) in [4.78, 5) is 24.9. The maximum Gasteiger partial charge on any atom is 0.343 e. The molecular formula is C36H43ClO4. The Hall–Kier alpha value is -3.37. The molecule has 3 aromatic rings. The lowest BCUT2D eigenvalue weighted by Crippen LogP contribution is -2.08. The molecule has 0 saturated carbocycles. The highest BCUT2D eigenvalue weighted by Crippen LogP contribution is 2.20. The van der Waals surface area contributed by atoms with E-state index in [0.717, 1.165) is 17.7 Å². The van der Waals surface area contributed by atoms with E-state index in [1.165, 1.54) is 76.7 Å². The van der Waals surface area contributed by atoms with E-state index in [9.17, 15) is 9.59 Å². The van der Waals surface area contributed by atoms with Crippen LogP contribution in [0.5, 0.6) is 11.5 Å². The zero-order valence-electron chi connectivity index (χ0n) is 24.3. The Kier molecular flexibility index (Phi) is 14.8. The van der Waals surface area contributed by atoms with Gasteiger partial charge in [-0.3, -0.25) is 4.79 Å². The van der Waals surface area contributed by atoms with Gasteiger partial charge in [0.15, 0.2) is 5.78 Å². The summed E-state index contributed by atoms with van der Waals surface area (Å²) in [5.74, 6) is 0.575. The standard InChI is InChI=1S/C36H43ClO4/c1-2-3-4-5-6-7-8-9-10-11-12-15-28-40-31-25-21-30(22-26-31)36(39)41-32-23-18-29(19-24-32)20-27-35(38)33-16-13-14-17-34(33)37/h13-14,16-27H,2-12,15,28H2,1H3/b27-20+. The van der Waals surface area contributed by atoms with Crippen molar-refractivity contribution in [2.45, 2.75) is 84.0 Å². The highest BCUT2D eigenvalue weighted by Gasteiger charge is 2.09. The zero-order chi connectivity index (χ0) is 29.1. The number of carbonyl (C=O) groups excluding carboxylic acids is 2. The summed E-state index contributed by atoms with van der Waals surface area (Å²) in [6.45, 7) is 2.95. The van der Waals surface area contributed by atoms with Crippen molar-refractivity contribution in [2.75, 3.05) is 6.61 Å². The van der Waals surface area contributed by atoms with Crippen molar-refractivity contribution in [3.05, 3.63) is 101 Å². The molecular weight excluding hydrogens is 532 g/mol. The van der Waals surface area contributed by atoms with Crippen molar-refractivity contribution in [1.82, 2.24) is 0 Å². The predicted molar refractivity (Wildman–Crippen MR) is 169 cm³/mol. The number of ether oxygens (including phenoxy) is 2. The first-order chi connectivity index (χ1) is 20.1. The van der Waals surface area contributed by atoms with Crippen molar-refractivity contribution in [3.8, 4) is 11.5 Å². The van der Waals surface area contributed by atoms with E-state index >= 15 is 0 Å². The van der Waals surface area contributed by atoms with Gasteiger partial charge in [-0.05, 0) is 66.6 Å². The second-order valence-electron chi connectivity index (χ2n) is 10.4. The number of rotatable bonds is 19. The summed E-state index contributed by atoms with van der Waals surface area (Å²) < 4.78 is 11.3. The largest absolute Gasteiger partial charge is 0.494 e. The van der Waals surface area contributed by atoms with Gasteiger partial charge in [0, 0.05) is 5.56 Å². The third kappa shape index (κ3) is 12.4. The molecule has 3 aromatic carbocycles. The van der Waals surface area contributed by atoms with Gasteiger partial charge in [0.1, 0.15) is 11.5 Å². The first kappa shape index (κ1) is 32.1. The van der Waals surface area contributed by atoms with E-state index in [0.29, 0.717) is 28.5 Å². The fraction of sp³-hybridized carbons (Fsp3) is 0.389. The number of esters is 1. The molecule has 0 fully saturated rings. The van der Waals surface area contributed by atoms with Gasteiger partial charge in [-0.15, -0.1) is 0 Å². The minimum absolute atomic E-state index is 0.174. The third-order valence-electron chi connectivity index (χ3n) is 7.01. The fourth-order valence-electron chi connectivity index (χ4n) is 4.56. The summed E-state index contributed by atoms with van der Waals surface area (Å²) >= 11 is 6.09. The molecule has 0 aliphatic heterocycles. The molecule has 0 unspecified atom stereocenters. The lowest BCUT2D eigenvalue weighted by molar-refractivity contribution is 0.0734. The van der Waals surface area contributed by atoms with E-state index in [4.69, 9.17) is 21.1 Å². The van der Waals surface area contributed by atoms with Crippen molar-refractivity contribution in [3.63, 3.8) is 0 Å². The van der Waals surface area contributed by atoms with Crippen molar-refractivity contribution < 1.29 is 19.1 Å². The van der Waals surface area contributed by atoms with Gasteiger partial charge < -0.3 is 9.47 Å². The van der Waals surface area contributed by atoms with Crippen LogP contribution in [0.4, 0.5) is 0 Å². The van der Waals surface area contributed by atoms with Crippen molar-refractivity contribution in [2.24, 2.45) is 0 Å². The molecule has 4 nitrogen and oxygen atoms in total. The minimum Gasteiger partial charge on any atom is -0.494 e.